The maximum Gasteiger partial charge on any atom is 0.253 e. The minimum absolute atomic E-state index is 0.00739. The van der Waals surface area contributed by atoms with E-state index in [1.165, 1.54) is 5.56 Å². The number of aromatic nitrogens is 2. The van der Waals surface area contributed by atoms with Gasteiger partial charge in [-0.15, -0.1) is 0 Å². The van der Waals surface area contributed by atoms with Crippen LogP contribution in [-0.4, -0.2) is 53.6 Å². The first kappa shape index (κ1) is 20.1. The van der Waals surface area contributed by atoms with Gasteiger partial charge >= 0.3 is 0 Å². The molecule has 0 atom stereocenters. The van der Waals surface area contributed by atoms with Gasteiger partial charge in [-0.05, 0) is 23.3 Å². The molecule has 0 aliphatic carbocycles. The maximum absolute atomic E-state index is 12.4. The van der Waals surface area contributed by atoms with Gasteiger partial charge in [0.1, 0.15) is 0 Å². The zero-order chi connectivity index (χ0) is 22.2. The highest BCUT2D eigenvalue weighted by molar-refractivity contribution is 6.15. The highest BCUT2D eigenvalue weighted by atomic mass is 16.5. The van der Waals surface area contributed by atoms with Crippen molar-refractivity contribution in [3.8, 4) is 0 Å². The van der Waals surface area contributed by atoms with Crippen molar-refractivity contribution in [2.24, 2.45) is 0 Å². The molecular formula is C27H26N4O2. The fourth-order valence-electron chi connectivity index (χ4n) is 4.87. The summed E-state index contributed by atoms with van der Waals surface area (Å²) in [6.45, 7) is 5.22. The summed E-state index contributed by atoms with van der Waals surface area (Å²) in [5, 5.41) is 6.08. The predicted molar refractivity (Wildman–Crippen MR) is 131 cm³/mol. The molecule has 0 saturated carbocycles. The number of rotatable bonds is 4. The number of morpholine rings is 1. The van der Waals surface area contributed by atoms with Gasteiger partial charge in [0.25, 0.3) is 5.91 Å². The van der Waals surface area contributed by atoms with Crippen molar-refractivity contribution in [2.45, 2.75) is 13.0 Å². The van der Waals surface area contributed by atoms with E-state index in [1.54, 1.807) is 0 Å². The Labute approximate surface area is 192 Å². The molecule has 2 aromatic carbocycles. The molecule has 2 aliphatic heterocycles. The van der Waals surface area contributed by atoms with Crippen LogP contribution in [0, 0.1) is 0 Å². The summed E-state index contributed by atoms with van der Waals surface area (Å²) in [6, 6.07) is 14.8. The van der Waals surface area contributed by atoms with Crippen molar-refractivity contribution in [3.63, 3.8) is 0 Å². The van der Waals surface area contributed by atoms with Gasteiger partial charge in [-0.1, -0.05) is 42.5 Å². The Morgan fingerprint density at radius 3 is 2.88 bits per heavy atom. The minimum atomic E-state index is 0.00739. The minimum Gasteiger partial charge on any atom is -0.379 e. The quantitative estimate of drug-likeness (QED) is 0.505. The van der Waals surface area contributed by atoms with Crippen LogP contribution < -0.4 is 5.32 Å². The third kappa shape index (κ3) is 3.92. The Bertz CT molecular complexity index is 1380. The van der Waals surface area contributed by atoms with Crippen LogP contribution in [0.5, 0.6) is 0 Å². The standard InChI is InChI=1S/C27H26N4O2/c32-27-25-22-7-5-20-16-29-21(15-23(20)26(22)30-24(25)8-9-28-27)6-4-18-2-1-3-19(14-18)17-31-10-12-33-13-11-31/h1-7,14-16,30H,8-13,17H2,(H,28,32). The van der Waals surface area contributed by atoms with Gasteiger partial charge in [0.05, 0.1) is 30.0 Å². The third-order valence-corrected chi connectivity index (χ3v) is 6.57. The van der Waals surface area contributed by atoms with E-state index in [1.807, 2.05) is 18.3 Å². The van der Waals surface area contributed by atoms with Crippen molar-refractivity contribution < 1.29 is 9.53 Å². The van der Waals surface area contributed by atoms with Gasteiger partial charge in [0.15, 0.2) is 0 Å². The van der Waals surface area contributed by atoms with E-state index in [0.717, 1.165) is 83.5 Å². The van der Waals surface area contributed by atoms with Gasteiger partial charge in [0, 0.05) is 60.6 Å². The number of hydrogen-bond acceptors (Lipinski definition) is 4. The third-order valence-electron chi connectivity index (χ3n) is 6.57. The Balaban J connectivity index is 1.30. The summed E-state index contributed by atoms with van der Waals surface area (Å²) in [5.41, 5.74) is 6.18. The predicted octanol–water partition coefficient (Wildman–Crippen LogP) is 4.00. The van der Waals surface area contributed by atoms with E-state index in [4.69, 9.17) is 4.74 Å². The number of aromatic amines is 1. The Kier molecular flexibility index (Phi) is 5.17. The summed E-state index contributed by atoms with van der Waals surface area (Å²) in [7, 11) is 0. The first-order chi connectivity index (χ1) is 16.2. The number of fused-ring (bicyclic) bond motifs is 5. The summed E-state index contributed by atoms with van der Waals surface area (Å²) < 4.78 is 5.45. The molecular weight excluding hydrogens is 412 g/mol. The zero-order valence-corrected chi connectivity index (χ0v) is 18.4. The number of nitrogens with zero attached hydrogens (tertiary/aromatic N) is 2. The summed E-state index contributed by atoms with van der Waals surface area (Å²) in [4.78, 5) is 23.0. The fourth-order valence-corrected chi connectivity index (χ4v) is 4.87. The van der Waals surface area contributed by atoms with Crippen molar-refractivity contribution in [1.82, 2.24) is 20.2 Å². The van der Waals surface area contributed by atoms with Gasteiger partial charge in [-0.3, -0.25) is 14.7 Å². The van der Waals surface area contributed by atoms with E-state index >= 15 is 0 Å². The molecule has 4 heterocycles. The monoisotopic (exact) mass is 438 g/mol. The smallest absolute Gasteiger partial charge is 0.253 e. The van der Waals surface area contributed by atoms with E-state index in [9.17, 15) is 4.79 Å². The Morgan fingerprint density at radius 1 is 1.06 bits per heavy atom. The van der Waals surface area contributed by atoms with Crippen LogP contribution in [0.4, 0.5) is 0 Å². The highest BCUT2D eigenvalue weighted by Gasteiger charge is 2.22. The topological polar surface area (TPSA) is 70.2 Å². The van der Waals surface area contributed by atoms with Crippen LogP contribution in [0.25, 0.3) is 33.8 Å². The average molecular weight is 439 g/mol. The fraction of sp³-hybridized carbons (Fsp3) is 0.259. The molecule has 6 nitrogen and oxygen atoms in total. The molecule has 1 saturated heterocycles. The molecule has 4 aromatic rings. The van der Waals surface area contributed by atoms with Crippen molar-refractivity contribution in [2.75, 3.05) is 32.8 Å². The first-order valence-corrected chi connectivity index (χ1v) is 11.5. The van der Waals surface area contributed by atoms with E-state index in [0.29, 0.717) is 6.54 Å². The highest BCUT2D eigenvalue weighted by Crippen LogP contribution is 2.31. The average Bonchev–Trinajstić information content (AvgIpc) is 3.24. The number of benzene rings is 2. The molecule has 6 heteroatoms. The second kappa shape index (κ2) is 8.46. The molecule has 0 bridgehead atoms. The number of pyridine rings is 1. The van der Waals surface area contributed by atoms with E-state index in [-0.39, 0.29) is 5.91 Å². The second-order valence-corrected chi connectivity index (χ2v) is 8.77. The van der Waals surface area contributed by atoms with Crippen LogP contribution >= 0.6 is 0 Å². The molecule has 2 aromatic heterocycles. The van der Waals surface area contributed by atoms with Crippen LogP contribution in [0.2, 0.25) is 0 Å². The lowest BCUT2D eigenvalue weighted by Crippen LogP contribution is -2.35. The number of nitrogens with one attached hydrogen (secondary N) is 2. The number of hydrogen-bond donors (Lipinski definition) is 2. The number of amides is 1. The van der Waals surface area contributed by atoms with Crippen molar-refractivity contribution >= 4 is 39.7 Å². The SMILES string of the molecule is O=C1NCCc2[nH]c3c(ccc4cnc(C=Cc5cccc(CN6CCOCC6)c5)cc43)c21. The van der Waals surface area contributed by atoms with Gasteiger partial charge in [0.2, 0.25) is 0 Å². The molecule has 33 heavy (non-hydrogen) atoms. The van der Waals surface area contributed by atoms with Crippen LogP contribution in [0.15, 0.2) is 48.7 Å². The molecule has 1 fully saturated rings. The lowest BCUT2D eigenvalue weighted by Gasteiger charge is -2.26. The molecule has 0 unspecified atom stereocenters. The number of carbonyl (C=O) groups is 1. The number of H-pyrrole nitrogens is 1. The second-order valence-electron chi connectivity index (χ2n) is 8.77. The van der Waals surface area contributed by atoms with Crippen molar-refractivity contribution in [1.29, 1.82) is 0 Å². The molecule has 1 amide bonds. The van der Waals surface area contributed by atoms with Gasteiger partial charge in [-0.2, -0.15) is 0 Å². The van der Waals surface area contributed by atoms with E-state index < -0.39 is 0 Å². The zero-order valence-electron chi connectivity index (χ0n) is 18.4. The normalized spacial score (nSPS) is 17.0. The van der Waals surface area contributed by atoms with Gasteiger partial charge in [-0.25, -0.2) is 0 Å². The maximum atomic E-state index is 12.4. The lowest BCUT2D eigenvalue weighted by molar-refractivity contribution is 0.0342. The van der Waals surface area contributed by atoms with Crippen LogP contribution in [0.1, 0.15) is 32.9 Å². The van der Waals surface area contributed by atoms with Gasteiger partial charge < -0.3 is 15.0 Å². The number of ether oxygens (including phenoxy) is 1. The Morgan fingerprint density at radius 2 is 1.97 bits per heavy atom. The Hall–Kier alpha value is -3.48. The summed E-state index contributed by atoms with van der Waals surface area (Å²) in [5.74, 6) is 0.00739. The number of carbonyl (C=O) groups excluding carboxylic acids is 1. The molecule has 6 rings (SSSR count). The van der Waals surface area contributed by atoms with Crippen molar-refractivity contribution in [3.05, 3.63) is 76.7 Å². The van der Waals surface area contributed by atoms with Crippen LogP contribution in [0.3, 0.4) is 0 Å². The van der Waals surface area contributed by atoms with E-state index in [2.05, 4.69) is 62.7 Å². The van der Waals surface area contributed by atoms with Crippen LogP contribution in [-0.2, 0) is 17.7 Å². The summed E-state index contributed by atoms with van der Waals surface area (Å²) >= 11 is 0. The molecule has 0 radical (unpaired) electrons. The molecule has 2 aliphatic rings. The molecule has 2 N–H and O–H groups in total. The molecule has 166 valence electrons. The summed E-state index contributed by atoms with van der Waals surface area (Å²) in [6.07, 6.45) is 6.91. The molecule has 0 spiro atoms. The largest absolute Gasteiger partial charge is 0.379 e. The first-order valence-electron chi connectivity index (χ1n) is 11.5. The lowest BCUT2D eigenvalue weighted by atomic mass is 10.0.